The fraction of sp³-hybridized carbons (Fsp3) is 1.00. The van der Waals surface area contributed by atoms with Gasteiger partial charge >= 0.3 is 7.25 Å². The Morgan fingerprint density at radius 1 is 1.08 bits per heavy atom. The van der Waals surface area contributed by atoms with E-state index in [1.807, 2.05) is 28.1 Å². The van der Waals surface area contributed by atoms with Gasteiger partial charge in [0.2, 0.25) is 0 Å². The van der Waals surface area contributed by atoms with Crippen molar-refractivity contribution in [3.8, 4) is 0 Å². The van der Waals surface area contributed by atoms with Gasteiger partial charge in [-0.1, -0.05) is 0 Å². The highest BCUT2D eigenvalue weighted by Gasteiger charge is 2.20. The summed E-state index contributed by atoms with van der Waals surface area (Å²) in [7, 11) is -0.0312. The number of hydrogen-bond acceptors (Lipinski definition) is 1. The first-order valence-electron chi connectivity index (χ1n) is 3.39. The summed E-state index contributed by atoms with van der Waals surface area (Å²) in [5.41, 5.74) is 0. The number of rotatable bonds is 2. The zero-order valence-corrected chi connectivity index (χ0v) is 7.65. The maximum atomic E-state index is 9.75. The molecule has 0 aromatic carbocycles. The molecule has 0 spiro atoms. The van der Waals surface area contributed by atoms with Gasteiger partial charge in [-0.05, 0) is 6.92 Å². The second kappa shape index (κ2) is 5.37. The Kier molecular flexibility index (Phi) is 6.37. The first-order chi connectivity index (χ1) is 5.06. The van der Waals surface area contributed by atoms with Crippen LogP contribution in [0, 0.1) is 0 Å². The Morgan fingerprint density at radius 2 is 1.33 bits per heavy atom. The molecule has 0 amide bonds. The molecule has 0 saturated heterocycles. The van der Waals surface area contributed by atoms with Gasteiger partial charge in [0.15, 0.2) is 0 Å². The van der Waals surface area contributed by atoms with E-state index in [1.165, 1.54) is 0 Å². The molecule has 0 bridgehead atoms. The van der Waals surface area contributed by atoms with E-state index < -0.39 is 7.25 Å². The van der Waals surface area contributed by atoms with Gasteiger partial charge < -0.3 is 17.3 Å². The fourth-order valence-electron chi connectivity index (χ4n) is 0.387. The Balaban J connectivity index is 0. The smallest absolute Gasteiger partial charge is 0.418 e. The zero-order valence-electron chi connectivity index (χ0n) is 7.65. The van der Waals surface area contributed by atoms with Crippen molar-refractivity contribution in [2.75, 3.05) is 27.7 Å². The lowest BCUT2D eigenvalue weighted by molar-refractivity contribution is -1.06. The summed E-state index contributed by atoms with van der Waals surface area (Å²) in [6, 6.07) is 0. The molecule has 76 valence electrons. The van der Waals surface area contributed by atoms with E-state index in [1.54, 1.807) is 0 Å². The third-order valence-electron chi connectivity index (χ3n) is 0.516. The van der Waals surface area contributed by atoms with Gasteiger partial charge in [-0.2, -0.15) is 4.65 Å². The van der Waals surface area contributed by atoms with E-state index in [4.69, 9.17) is 4.84 Å². The first kappa shape index (κ1) is 14.2. The topological polar surface area (TPSA) is 9.23 Å². The molecule has 7 heteroatoms. The number of hydrogen-bond donors (Lipinski definition) is 0. The lowest BCUT2D eigenvalue weighted by Gasteiger charge is -2.19. The molecule has 0 radical (unpaired) electrons. The summed E-state index contributed by atoms with van der Waals surface area (Å²) in [5.74, 6) is 0. The van der Waals surface area contributed by atoms with Gasteiger partial charge in [-0.25, -0.2) is 4.84 Å². The molecule has 0 heterocycles. The van der Waals surface area contributed by atoms with Crippen molar-refractivity contribution in [1.82, 2.24) is 0 Å². The van der Waals surface area contributed by atoms with E-state index in [0.717, 1.165) is 6.61 Å². The van der Waals surface area contributed by atoms with E-state index >= 15 is 0 Å². The molecule has 0 aromatic heterocycles. The van der Waals surface area contributed by atoms with Crippen LogP contribution in [0.15, 0.2) is 0 Å². The number of quaternary nitrogens is 1. The summed E-state index contributed by atoms with van der Waals surface area (Å²) < 4.78 is 39.6. The second-order valence-electron chi connectivity index (χ2n) is 2.80. The average molecular weight is 191 g/mol. The van der Waals surface area contributed by atoms with Crippen molar-refractivity contribution < 1.29 is 26.7 Å². The highest BCUT2D eigenvalue weighted by molar-refractivity contribution is 6.50. The lowest BCUT2D eigenvalue weighted by Crippen LogP contribution is -2.34. The van der Waals surface area contributed by atoms with E-state index in [0.29, 0.717) is 4.65 Å². The number of nitrogens with zero attached hydrogens (tertiary/aromatic N) is 1. The van der Waals surface area contributed by atoms with Gasteiger partial charge in [0, 0.05) is 0 Å². The molecular formula is C5H14BF4NO. The van der Waals surface area contributed by atoms with Gasteiger partial charge in [0.05, 0.1) is 21.1 Å². The van der Waals surface area contributed by atoms with Crippen LogP contribution in [0.25, 0.3) is 0 Å². The van der Waals surface area contributed by atoms with Crippen LogP contribution in [-0.2, 0) is 4.84 Å². The summed E-state index contributed by atoms with van der Waals surface area (Å²) in [6.45, 7) is 2.77. The van der Waals surface area contributed by atoms with E-state index in [2.05, 4.69) is 0 Å². The predicted molar refractivity (Wildman–Crippen MR) is 39.8 cm³/mol. The highest BCUT2D eigenvalue weighted by Crippen LogP contribution is 2.06. The molecule has 0 unspecified atom stereocenters. The molecule has 0 saturated carbocycles. The van der Waals surface area contributed by atoms with Crippen molar-refractivity contribution in [3.05, 3.63) is 0 Å². The van der Waals surface area contributed by atoms with Gasteiger partial charge in [-0.3, -0.25) is 0 Å². The maximum absolute atomic E-state index is 9.75. The van der Waals surface area contributed by atoms with Crippen LogP contribution < -0.4 is 0 Å². The molecule has 0 N–H and O–H groups in total. The Bertz CT molecular complexity index is 105. The molecule has 0 aliphatic rings. The van der Waals surface area contributed by atoms with E-state index in [-0.39, 0.29) is 0 Å². The maximum Gasteiger partial charge on any atom is 0.673 e. The second-order valence-corrected chi connectivity index (χ2v) is 2.80. The average Bonchev–Trinajstić information content (AvgIpc) is 1.54. The summed E-state index contributed by atoms with van der Waals surface area (Å²) in [4.78, 5) is 5.17. The van der Waals surface area contributed by atoms with Crippen molar-refractivity contribution in [2.45, 2.75) is 6.92 Å². The molecule has 2 nitrogen and oxygen atoms in total. The SMILES string of the molecule is CCO[N+](C)(C)C.F[B-](F)(F)F. The molecule has 0 aliphatic carbocycles. The van der Waals surface area contributed by atoms with Crippen LogP contribution in [0.2, 0.25) is 0 Å². The summed E-state index contributed by atoms with van der Waals surface area (Å²) >= 11 is 0. The molecule has 0 aliphatic heterocycles. The van der Waals surface area contributed by atoms with Crippen LogP contribution in [0.5, 0.6) is 0 Å². The largest absolute Gasteiger partial charge is 0.673 e. The molecule has 12 heavy (non-hydrogen) atoms. The summed E-state index contributed by atoms with van der Waals surface area (Å²) in [6.07, 6.45) is 0. The third-order valence-corrected chi connectivity index (χ3v) is 0.516. The standard InChI is InChI=1S/C5H14NO.BF4/c1-5-7-6(2,3)4;2-1(3,4)5/h5H2,1-4H3;/q+1;-1. The molecular weight excluding hydrogens is 177 g/mol. The van der Waals surface area contributed by atoms with Crippen molar-refractivity contribution >= 4 is 7.25 Å². The van der Waals surface area contributed by atoms with Crippen LogP contribution in [0.3, 0.4) is 0 Å². The zero-order chi connectivity index (χ0) is 10.4. The number of hydroxylamine groups is 3. The number of halogens is 4. The predicted octanol–water partition coefficient (Wildman–Crippen LogP) is 1.94. The normalized spacial score (nSPS) is 12.0. The molecule has 0 rings (SSSR count). The fourth-order valence-corrected chi connectivity index (χ4v) is 0.387. The first-order valence-corrected chi connectivity index (χ1v) is 3.39. The monoisotopic (exact) mass is 191 g/mol. The summed E-state index contributed by atoms with van der Waals surface area (Å²) in [5, 5.41) is 0. The molecule has 0 atom stereocenters. The van der Waals surface area contributed by atoms with Gasteiger partial charge in [-0.15, -0.1) is 0 Å². The minimum atomic E-state index is -6.00. The highest BCUT2D eigenvalue weighted by atomic mass is 19.5. The van der Waals surface area contributed by atoms with Crippen molar-refractivity contribution in [3.63, 3.8) is 0 Å². The Labute approximate surface area is 69.8 Å². The van der Waals surface area contributed by atoms with Crippen LogP contribution in [0.1, 0.15) is 6.92 Å². The third kappa shape index (κ3) is 53.6. The van der Waals surface area contributed by atoms with Gasteiger partial charge in [0.1, 0.15) is 6.61 Å². The van der Waals surface area contributed by atoms with Crippen LogP contribution >= 0.6 is 0 Å². The van der Waals surface area contributed by atoms with Crippen molar-refractivity contribution in [1.29, 1.82) is 0 Å². The Hall–Kier alpha value is -0.295. The molecule has 0 fully saturated rings. The van der Waals surface area contributed by atoms with E-state index in [9.17, 15) is 17.3 Å². The van der Waals surface area contributed by atoms with Crippen molar-refractivity contribution in [2.24, 2.45) is 0 Å². The minimum Gasteiger partial charge on any atom is -0.418 e. The molecule has 0 aromatic rings. The lowest BCUT2D eigenvalue weighted by atomic mass is 10.3. The minimum absolute atomic E-state index is 0.594. The Morgan fingerprint density at radius 3 is 1.33 bits per heavy atom. The van der Waals surface area contributed by atoms with Crippen LogP contribution in [0.4, 0.5) is 17.3 Å². The quantitative estimate of drug-likeness (QED) is 0.280. The van der Waals surface area contributed by atoms with Crippen LogP contribution in [-0.4, -0.2) is 39.7 Å². The van der Waals surface area contributed by atoms with Gasteiger partial charge in [0.25, 0.3) is 0 Å².